The lowest BCUT2D eigenvalue weighted by molar-refractivity contribution is 0.590. The lowest BCUT2D eigenvalue weighted by atomic mass is 10.3. The van der Waals surface area contributed by atoms with Crippen LogP contribution in [0.2, 0.25) is 0 Å². The Balaban J connectivity index is 2.65. The Morgan fingerprint density at radius 2 is 2.20 bits per heavy atom. The molecule has 0 bridgehead atoms. The summed E-state index contributed by atoms with van der Waals surface area (Å²) < 4.78 is 25.5. The number of hydrogen-bond donors (Lipinski definition) is 2. The summed E-state index contributed by atoms with van der Waals surface area (Å²) in [6.07, 6.45) is 1.08. The Hall–Kier alpha value is -0.430. The zero-order valence-corrected chi connectivity index (χ0v) is 10.5. The molecule has 0 radical (unpaired) electrons. The Kier molecular flexibility index (Phi) is 4.72. The molecule has 6 heteroatoms. The molecule has 1 heterocycles. The van der Waals surface area contributed by atoms with Crippen molar-refractivity contribution >= 4 is 21.4 Å². The topological polar surface area (TPSA) is 58.2 Å². The van der Waals surface area contributed by atoms with E-state index < -0.39 is 10.0 Å². The minimum atomic E-state index is -3.27. The van der Waals surface area contributed by atoms with Crippen LogP contribution in [0.15, 0.2) is 15.7 Å². The quantitative estimate of drug-likeness (QED) is 0.743. The molecule has 1 aromatic heterocycles. The summed E-state index contributed by atoms with van der Waals surface area (Å²) in [4.78, 5) is 0. The van der Waals surface area contributed by atoms with Crippen molar-refractivity contribution in [2.75, 3.05) is 13.6 Å². The standard InChI is InChI=1S/C9H16N2O2S2/c1-3-4-11-6-8-5-9(14-7-8)15(12,13)10-2/h5,7,10-11H,3-4,6H2,1-2H3. The van der Waals surface area contributed by atoms with Gasteiger partial charge in [-0.15, -0.1) is 11.3 Å². The highest BCUT2D eigenvalue weighted by atomic mass is 32.2. The predicted octanol–water partition coefficient (Wildman–Crippen LogP) is 1.16. The van der Waals surface area contributed by atoms with Crippen molar-refractivity contribution in [1.82, 2.24) is 10.0 Å². The third kappa shape index (κ3) is 3.57. The normalized spacial score (nSPS) is 11.9. The van der Waals surface area contributed by atoms with Crippen LogP contribution in [0, 0.1) is 0 Å². The highest BCUT2D eigenvalue weighted by Crippen LogP contribution is 2.19. The van der Waals surface area contributed by atoms with Gasteiger partial charge in [-0.3, -0.25) is 0 Å². The molecule has 0 aliphatic heterocycles. The third-order valence-electron chi connectivity index (χ3n) is 1.92. The summed E-state index contributed by atoms with van der Waals surface area (Å²) in [5.41, 5.74) is 1.02. The summed E-state index contributed by atoms with van der Waals surface area (Å²) in [6, 6.07) is 1.71. The number of hydrogen-bond acceptors (Lipinski definition) is 4. The van der Waals surface area contributed by atoms with E-state index in [1.54, 1.807) is 6.07 Å². The van der Waals surface area contributed by atoms with Crippen molar-refractivity contribution in [2.45, 2.75) is 24.1 Å². The molecule has 4 nitrogen and oxygen atoms in total. The number of sulfonamides is 1. The van der Waals surface area contributed by atoms with Crippen molar-refractivity contribution < 1.29 is 8.42 Å². The van der Waals surface area contributed by atoms with Gasteiger partial charge in [0.1, 0.15) is 4.21 Å². The molecule has 0 saturated heterocycles. The minimum absolute atomic E-state index is 0.373. The summed E-state index contributed by atoms with van der Waals surface area (Å²) in [7, 11) is -1.85. The molecule has 0 spiro atoms. The van der Waals surface area contributed by atoms with Crippen LogP contribution in [-0.2, 0) is 16.6 Å². The molecule has 0 unspecified atom stereocenters. The van der Waals surface area contributed by atoms with Crippen LogP contribution >= 0.6 is 11.3 Å². The largest absolute Gasteiger partial charge is 0.313 e. The first-order valence-electron chi connectivity index (χ1n) is 4.82. The maximum atomic E-state index is 11.4. The average Bonchev–Trinajstić information content (AvgIpc) is 2.68. The Labute approximate surface area is 94.8 Å². The van der Waals surface area contributed by atoms with E-state index in [0.29, 0.717) is 4.21 Å². The zero-order chi connectivity index (χ0) is 11.3. The lowest BCUT2D eigenvalue weighted by Gasteiger charge is -1.99. The van der Waals surface area contributed by atoms with Gasteiger partial charge in [0.05, 0.1) is 0 Å². The maximum Gasteiger partial charge on any atom is 0.249 e. The van der Waals surface area contributed by atoms with Gasteiger partial charge < -0.3 is 5.32 Å². The van der Waals surface area contributed by atoms with E-state index in [1.165, 1.54) is 18.4 Å². The molecule has 1 aromatic rings. The van der Waals surface area contributed by atoms with E-state index in [2.05, 4.69) is 17.0 Å². The van der Waals surface area contributed by atoms with Gasteiger partial charge in [0.2, 0.25) is 10.0 Å². The van der Waals surface area contributed by atoms with Crippen molar-refractivity contribution in [2.24, 2.45) is 0 Å². The molecule has 0 saturated carbocycles. The van der Waals surface area contributed by atoms with E-state index in [9.17, 15) is 8.42 Å². The van der Waals surface area contributed by atoms with E-state index >= 15 is 0 Å². The second-order valence-corrected chi connectivity index (χ2v) is 6.18. The molecule has 15 heavy (non-hydrogen) atoms. The smallest absolute Gasteiger partial charge is 0.249 e. The van der Waals surface area contributed by atoms with Gasteiger partial charge >= 0.3 is 0 Å². The van der Waals surface area contributed by atoms with Gasteiger partial charge in [-0.2, -0.15) is 0 Å². The number of thiophene rings is 1. The number of nitrogens with one attached hydrogen (secondary N) is 2. The second-order valence-electron chi connectivity index (χ2n) is 3.16. The fourth-order valence-corrected chi connectivity index (χ4v) is 3.14. The average molecular weight is 248 g/mol. The third-order valence-corrected chi connectivity index (χ3v) is 4.82. The maximum absolute atomic E-state index is 11.4. The highest BCUT2D eigenvalue weighted by molar-refractivity contribution is 7.91. The van der Waals surface area contributed by atoms with Gasteiger partial charge in [-0.1, -0.05) is 6.92 Å². The highest BCUT2D eigenvalue weighted by Gasteiger charge is 2.13. The first-order valence-corrected chi connectivity index (χ1v) is 7.18. The Bertz CT molecular complexity index is 398. The molecule has 0 aliphatic rings. The van der Waals surface area contributed by atoms with Gasteiger partial charge in [-0.25, -0.2) is 13.1 Å². The van der Waals surface area contributed by atoms with Crippen LogP contribution in [0.3, 0.4) is 0 Å². The first kappa shape index (κ1) is 12.6. The monoisotopic (exact) mass is 248 g/mol. The molecule has 0 aromatic carbocycles. The molecule has 0 amide bonds. The van der Waals surface area contributed by atoms with Gasteiger partial charge in [0, 0.05) is 6.54 Å². The molecular weight excluding hydrogens is 232 g/mol. The molecule has 0 fully saturated rings. The van der Waals surface area contributed by atoms with E-state index in [0.717, 1.165) is 25.1 Å². The Morgan fingerprint density at radius 1 is 1.47 bits per heavy atom. The molecule has 1 rings (SSSR count). The van der Waals surface area contributed by atoms with Crippen molar-refractivity contribution in [1.29, 1.82) is 0 Å². The first-order chi connectivity index (χ1) is 7.10. The van der Waals surface area contributed by atoms with Gasteiger partial charge in [0.25, 0.3) is 0 Å². The number of rotatable bonds is 6. The SMILES string of the molecule is CCCNCc1csc(S(=O)(=O)NC)c1. The van der Waals surface area contributed by atoms with Crippen LogP contribution in [-0.4, -0.2) is 22.0 Å². The molecule has 0 aliphatic carbocycles. The molecule has 2 N–H and O–H groups in total. The van der Waals surface area contributed by atoms with Gasteiger partial charge in [0.15, 0.2) is 0 Å². The fraction of sp³-hybridized carbons (Fsp3) is 0.556. The summed E-state index contributed by atoms with van der Waals surface area (Å²) in [5, 5.41) is 5.09. The summed E-state index contributed by atoms with van der Waals surface area (Å²) >= 11 is 1.25. The van der Waals surface area contributed by atoms with Crippen molar-refractivity contribution in [3.63, 3.8) is 0 Å². The van der Waals surface area contributed by atoms with Crippen molar-refractivity contribution in [3.05, 3.63) is 17.0 Å². The van der Waals surface area contributed by atoms with Crippen LogP contribution in [0.25, 0.3) is 0 Å². The lowest BCUT2D eigenvalue weighted by Crippen LogP contribution is -2.17. The Morgan fingerprint density at radius 3 is 2.80 bits per heavy atom. The second kappa shape index (κ2) is 5.60. The molecule has 0 atom stereocenters. The molecule has 86 valence electrons. The van der Waals surface area contributed by atoms with Crippen LogP contribution in [0.5, 0.6) is 0 Å². The van der Waals surface area contributed by atoms with Crippen LogP contribution in [0.1, 0.15) is 18.9 Å². The van der Waals surface area contributed by atoms with Crippen LogP contribution < -0.4 is 10.0 Å². The summed E-state index contributed by atoms with van der Waals surface area (Å²) in [5.74, 6) is 0. The minimum Gasteiger partial charge on any atom is -0.313 e. The predicted molar refractivity (Wildman–Crippen MR) is 62.6 cm³/mol. The van der Waals surface area contributed by atoms with Crippen molar-refractivity contribution in [3.8, 4) is 0 Å². The van der Waals surface area contributed by atoms with E-state index in [1.807, 2.05) is 5.38 Å². The van der Waals surface area contributed by atoms with E-state index in [4.69, 9.17) is 0 Å². The molecular formula is C9H16N2O2S2. The summed E-state index contributed by atoms with van der Waals surface area (Å²) in [6.45, 7) is 3.77. The van der Waals surface area contributed by atoms with E-state index in [-0.39, 0.29) is 0 Å². The van der Waals surface area contributed by atoms with Crippen LogP contribution in [0.4, 0.5) is 0 Å². The fourth-order valence-electron chi connectivity index (χ4n) is 1.10. The zero-order valence-electron chi connectivity index (χ0n) is 8.91. The van der Waals surface area contributed by atoms with Gasteiger partial charge in [-0.05, 0) is 37.0 Å².